The smallest absolute Gasteiger partial charge is 0.229 e. The van der Waals surface area contributed by atoms with E-state index in [1.54, 1.807) is 12.1 Å². The Morgan fingerprint density at radius 3 is 2.62 bits per heavy atom. The van der Waals surface area contributed by atoms with E-state index < -0.39 is 0 Å². The first-order valence-corrected chi connectivity index (χ1v) is 7.45. The minimum absolute atomic E-state index is 0. The van der Waals surface area contributed by atoms with Gasteiger partial charge in [0.25, 0.3) is 0 Å². The Kier molecular flexibility index (Phi) is 5.22. The van der Waals surface area contributed by atoms with E-state index in [1.165, 1.54) is 6.07 Å². The predicted octanol–water partition coefficient (Wildman–Crippen LogP) is 2.74. The maximum absolute atomic E-state index is 13.8. The van der Waals surface area contributed by atoms with Gasteiger partial charge in [-0.2, -0.15) is 0 Å². The van der Waals surface area contributed by atoms with Gasteiger partial charge in [0.15, 0.2) is 0 Å². The molecule has 1 aromatic rings. The molecule has 21 heavy (non-hydrogen) atoms. The van der Waals surface area contributed by atoms with E-state index in [-0.39, 0.29) is 29.5 Å². The van der Waals surface area contributed by atoms with Crippen molar-refractivity contribution < 1.29 is 9.18 Å². The number of benzene rings is 1. The standard InChI is InChI=1S/C16H21FN2O.ClH/c17-14-5-2-1-4-13(14)12-19-11-3-6-16(15(19)20)7-9-18-10-8-16;/h1-2,4-5,18H,3,6-12H2;1H. The highest BCUT2D eigenvalue weighted by Gasteiger charge is 2.44. The van der Waals surface area contributed by atoms with Gasteiger partial charge in [0, 0.05) is 18.7 Å². The van der Waals surface area contributed by atoms with Crippen LogP contribution in [0.4, 0.5) is 4.39 Å². The van der Waals surface area contributed by atoms with Crippen LogP contribution in [0.2, 0.25) is 0 Å². The lowest BCUT2D eigenvalue weighted by atomic mass is 9.72. The zero-order valence-electron chi connectivity index (χ0n) is 12.1. The number of hydrogen-bond donors (Lipinski definition) is 1. The summed E-state index contributed by atoms with van der Waals surface area (Å²) in [4.78, 5) is 14.6. The number of piperidine rings is 2. The molecule has 0 unspecified atom stereocenters. The molecule has 0 atom stereocenters. The predicted molar refractivity (Wildman–Crippen MR) is 82.8 cm³/mol. The van der Waals surface area contributed by atoms with Crippen molar-refractivity contribution in [3.8, 4) is 0 Å². The van der Waals surface area contributed by atoms with Crippen molar-refractivity contribution in [1.82, 2.24) is 10.2 Å². The van der Waals surface area contributed by atoms with Crippen LogP contribution in [-0.4, -0.2) is 30.4 Å². The minimum atomic E-state index is -0.217. The van der Waals surface area contributed by atoms with Crippen LogP contribution in [0.25, 0.3) is 0 Å². The van der Waals surface area contributed by atoms with Crippen LogP contribution < -0.4 is 5.32 Å². The van der Waals surface area contributed by atoms with E-state index in [0.717, 1.165) is 45.3 Å². The lowest BCUT2D eigenvalue weighted by Gasteiger charge is -2.44. The first-order chi connectivity index (χ1) is 9.71. The van der Waals surface area contributed by atoms with E-state index in [2.05, 4.69) is 5.32 Å². The molecular weight excluding hydrogens is 291 g/mol. The summed E-state index contributed by atoms with van der Waals surface area (Å²) in [6, 6.07) is 6.74. The maximum atomic E-state index is 13.8. The maximum Gasteiger partial charge on any atom is 0.229 e. The molecule has 3 nitrogen and oxygen atoms in total. The zero-order valence-corrected chi connectivity index (χ0v) is 12.9. The molecule has 0 bridgehead atoms. The summed E-state index contributed by atoms with van der Waals surface area (Å²) >= 11 is 0. The number of carbonyl (C=O) groups is 1. The molecule has 0 saturated carbocycles. The SMILES string of the molecule is Cl.O=C1N(Cc2ccccc2F)CCCC12CCNCC2. The fourth-order valence-electron chi connectivity index (χ4n) is 3.50. The van der Waals surface area contributed by atoms with Gasteiger partial charge in [-0.1, -0.05) is 18.2 Å². The van der Waals surface area contributed by atoms with Crippen LogP contribution in [-0.2, 0) is 11.3 Å². The van der Waals surface area contributed by atoms with Gasteiger partial charge in [0.05, 0.1) is 5.41 Å². The van der Waals surface area contributed by atoms with Crippen LogP contribution in [0, 0.1) is 11.2 Å². The van der Waals surface area contributed by atoms with E-state index in [0.29, 0.717) is 12.1 Å². The van der Waals surface area contributed by atoms with Crippen molar-refractivity contribution in [2.75, 3.05) is 19.6 Å². The van der Waals surface area contributed by atoms with Crippen LogP contribution in [0.3, 0.4) is 0 Å². The summed E-state index contributed by atoms with van der Waals surface area (Å²) in [5.74, 6) is 0.0127. The highest BCUT2D eigenvalue weighted by molar-refractivity contribution is 5.85. The van der Waals surface area contributed by atoms with E-state index in [9.17, 15) is 9.18 Å². The summed E-state index contributed by atoms with van der Waals surface area (Å²) in [7, 11) is 0. The number of halogens is 2. The molecule has 2 aliphatic heterocycles. The molecule has 1 aromatic carbocycles. The van der Waals surface area contributed by atoms with Crippen LogP contribution >= 0.6 is 12.4 Å². The average molecular weight is 313 g/mol. The number of rotatable bonds is 2. The number of nitrogens with zero attached hydrogens (tertiary/aromatic N) is 1. The largest absolute Gasteiger partial charge is 0.338 e. The Bertz CT molecular complexity index is 497. The summed E-state index contributed by atoms with van der Waals surface area (Å²) in [5.41, 5.74) is 0.432. The molecule has 0 aromatic heterocycles. The van der Waals surface area contributed by atoms with Crippen LogP contribution in [0.1, 0.15) is 31.2 Å². The summed E-state index contributed by atoms with van der Waals surface area (Å²) in [6.45, 7) is 2.99. The van der Waals surface area contributed by atoms with Gasteiger partial charge in [-0.25, -0.2) is 4.39 Å². The fourth-order valence-corrected chi connectivity index (χ4v) is 3.50. The number of carbonyl (C=O) groups excluding carboxylic acids is 1. The number of likely N-dealkylation sites (tertiary alicyclic amines) is 1. The third kappa shape index (κ3) is 3.22. The Balaban J connectivity index is 0.00000161. The topological polar surface area (TPSA) is 32.3 Å². The van der Waals surface area contributed by atoms with Crippen molar-refractivity contribution >= 4 is 18.3 Å². The summed E-state index contributed by atoms with van der Waals surface area (Å²) < 4.78 is 13.8. The van der Waals surface area contributed by atoms with Gasteiger partial charge < -0.3 is 10.2 Å². The fraction of sp³-hybridized carbons (Fsp3) is 0.562. The molecule has 2 fully saturated rings. The third-order valence-electron chi connectivity index (χ3n) is 4.70. The first kappa shape index (κ1) is 16.2. The normalized spacial score (nSPS) is 21.2. The lowest BCUT2D eigenvalue weighted by Crippen LogP contribution is -2.52. The molecule has 2 heterocycles. The van der Waals surface area contributed by atoms with Gasteiger partial charge in [-0.3, -0.25) is 4.79 Å². The molecule has 116 valence electrons. The Labute approximate surface area is 131 Å². The van der Waals surface area contributed by atoms with Crippen molar-refractivity contribution in [1.29, 1.82) is 0 Å². The lowest BCUT2D eigenvalue weighted by molar-refractivity contribution is -0.149. The van der Waals surface area contributed by atoms with Gasteiger partial charge in [0.1, 0.15) is 5.82 Å². The minimum Gasteiger partial charge on any atom is -0.338 e. The second-order valence-corrected chi connectivity index (χ2v) is 5.95. The molecule has 5 heteroatoms. The van der Waals surface area contributed by atoms with E-state index >= 15 is 0 Å². The Morgan fingerprint density at radius 1 is 1.19 bits per heavy atom. The molecule has 1 spiro atoms. The quantitative estimate of drug-likeness (QED) is 0.910. The average Bonchev–Trinajstić information content (AvgIpc) is 2.47. The van der Waals surface area contributed by atoms with Crippen molar-refractivity contribution in [3.05, 3.63) is 35.6 Å². The van der Waals surface area contributed by atoms with Crippen molar-refractivity contribution in [2.45, 2.75) is 32.2 Å². The zero-order chi connectivity index (χ0) is 14.0. The van der Waals surface area contributed by atoms with Gasteiger partial charge in [-0.05, 0) is 44.8 Å². The van der Waals surface area contributed by atoms with Crippen molar-refractivity contribution in [3.63, 3.8) is 0 Å². The van der Waals surface area contributed by atoms with Crippen LogP contribution in [0.5, 0.6) is 0 Å². The molecule has 1 N–H and O–H groups in total. The molecule has 0 radical (unpaired) electrons. The van der Waals surface area contributed by atoms with Gasteiger partial charge in [-0.15, -0.1) is 12.4 Å². The molecule has 1 amide bonds. The molecular formula is C16H22ClFN2O. The number of amides is 1. The third-order valence-corrected chi connectivity index (χ3v) is 4.70. The van der Waals surface area contributed by atoms with E-state index in [1.807, 2.05) is 11.0 Å². The molecule has 2 aliphatic rings. The molecule has 0 aliphatic carbocycles. The molecule has 2 saturated heterocycles. The summed E-state index contributed by atoms with van der Waals surface area (Å²) in [5, 5.41) is 3.32. The first-order valence-electron chi connectivity index (χ1n) is 7.45. The number of hydrogen-bond acceptors (Lipinski definition) is 2. The monoisotopic (exact) mass is 312 g/mol. The van der Waals surface area contributed by atoms with Crippen molar-refractivity contribution in [2.24, 2.45) is 5.41 Å². The second-order valence-electron chi connectivity index (χ2n) is 5.95. The van der Waals surface area contributed by atoms with Crippen LogP contribution in [0.15, 0.2) is 24.3 Å². The Hall–Kier alpha value is -1.13. The van der Waals surface area contributed by atoms with Gasteiger partial charge >= 0.3 is 0 Å². The summed E-state index contributed by atoms with van der Waals surface area (Å²) in [6.07, 6.45) is 3.85. The highest BCUT2D eigenvalue weighted by Crippen LogP contribution is 2.39. The van der Waals surface area contributed by atoms with E-state index in [4.69, 9.17) is 0 Å². The highest BCUT2D eigenvalue weighted by atomic mass is 35.5. The van der Waals surface area contributed by atoms with Gasteiger partial charge in [0.2, 0.25) is 5.91 Å². The molecule has 3 rings (SSSR count). The Morgan fingerprint density at radius 2 is 1.90 bits per heavy atom. The number of nitrogens with one attached hydrogen (secondary N) is 1. The second kappa shape index (κ2) is 6.75.